The fourth-order valence-corrected chi connectivity index (χ4v) is 2.66. The highest BCUT2D eigenvalue weighted by atomic mass is 16.2. The molecule has 0 aliphatic heterocycles. The van der Waals surface area contributed by atoms with Gasteiger partial charge in [-0.15, -0.1) is 0 Å². The molecule has 25 heavy (non-hydrogen) atoms. The molecule has 2 rings (SSSR count). The van der Waals surface area contributed by atoms with Crippen molar-refractivity contribution in [3.63, 3.8) is 0 Å². The molecule has 0 radical (unpaired) electrons. The molecule has 0 saturated carbocycles. The van der Waals surface area contributed by atoms with Crippen LogP contribution in [0.15, 0.2) is 60.7 Å². The summed E-state index contributed by atoms with van der Waals surface area (Å²) in [6, 6.07) is 18.5. The maximum atomic E-state index is 12.6. The molecule has 2 amide bonds. The summed E-state index contributed by atoms with van der Waals surface area (Å²) in [5, 5.41) is 5.79. The molecule has 0 aliphatic carbocycles. The van der Waals surface area contributed by atoms with E-state index in [0.29, 0.717) is 6.42 Å². The van der Waals surface area contributed by atoms with Gasteiger partial charge in [0.2, 0.25) is 11.8 Å². The van der Waals surface area contributed by atoms with Crippen molar-refractivity contribution in [3.8, 4) is 0 Å². The van der Waals surface area contributed by atoms with E-state index in [9.17, 15) is 9.59 Å². The van der Waals surface area contributed by atoms with Crippen molar-refractivity contribution in [2.45, 2.75) is 39.3 Å². The lowest BCUT2D eigenvalue weighted by atomic mass is 9.99. The smallest absolute Gasteiger partial charge is 0.247 e. The Morgan fingerprint density at radius 2 is 1.36 bits per heavy atom. The van der Waals surface area contributed by atoms with E-state index in [1.807, 2.05) is 81.4 Å². The zero-order valence-electron chi connectivity index (χ0n) is 15.0. The Morgan fingerprint density at radius 1 is 0.800 bits per heavy atom. The van der Waals surface area contributed by atoms with Crippen molar-refractivity contribution in [3.05, 3.63) is 71.8 Å². The van der Waals surface area contributed by atoms with Gasteiger partial charge in [-0.25, -0.2) is 0 Å². The lowest BCUT2D eigenvalue weighted by molar-refractivity contribution is -0.131. The summed E-state index contributed by atoms with van der Waals surface area (Å²) in [7, 11) is 0. The molecule has 0 heterocycles. The summed E-state index contributed by atoms with van der Waals surface area (Å²) in [4.78, 5) is 25.2. The van der Waals surface area contributed by atoms with Gasteiger partial charge in [0.05, 0.1) is 0 Å². The zero-order valence-corrected chi connectivity index (χ0v) is 15.0. The van der Waals surface area contributed by atoms with Gasteiger partial charge in [-0.05, 0) is 31.4 Å². The van der Waals surface area contributed by atoms with Crippen molar-refractivity contribution in [1.82, 2.24) is 10.6 Å². The standard InChI is InChI=1S/C21H26N2O2/c1-15(2)22-21(25)19(18-12-8-5-9-13-18)23-20(24)16(3)14-17-10-6-4-7-11-17/h4-13,15-16,19H,14H2,1-3H3,(H,22,25)(H,23,24)/t16?,19-/m0/s1. The van der Waals surface area contributed by atoms with Crippen molar-refractivity contribution in [1.29, 1.82) is 0 Å². The van der Waals surface area contributed by atoms with Crippen LogP contribution in [-0.2, 0) is 16.0 Å². The Balaban J connectivity index is 2.09. The number of nitrogens with one attached hydrogen (secondary N) is 2. The molecule has 0 fully saturated rings. The third-order valence-electron chi connectivity index (χ3n) is 3.94. The molecule has 2 aromatic carbocycles. The highest BCUT2D eigenvalue weighted by molar-refractivity contribution is 5.89. The monoisotopic (exact) mass is 338 g/mol. The molecule has 0 saturated heterocycles. The fraction of sp³-hybridized carbons (Fsp3) is 0.333. The second-order valence-corrected chi connectivity index (χ2v) is 6.61. The Bertz CT molecular complexity index is 684. The number of carbonyl (C=O) groups excluding carboxylic acids is 2. The quantitative estimate of drug-likeness (QED) is 0.814. The Morgan fingerprint density at radius 3 is 1.92 bits per heavy atom. The van der Waals surface area contributed by atoms with Gasteiger partial charge in [-0.3, -0.25) is 9.59 Å². The van der Waals surface area contributed by atoms with Crippen LogP contribution in [0.4, 0.5) is 0 Å². The first-order valence-corrected chi connectivity index (χ1v) is 8.67. The summed E-state index contributed by atoms with van der Waals surface area (Å²) < 4.78 is 0. The van der Waals surface area contributed by atoms with Gasteiger partial charge in [-0.2, -0.15) is 0 Å². The van der Waals surface area contributed by atoms with Crippen LogP contribution in [-0.4, -0.2) is 17.9 Å². The highest BCUT2D eigenvalue weighted by Crippen LogP contribution is 2.15. The van der Waals surface area contributed by atoms with E-state index in [1.165, 1.54) is 0 Å². The average molecular weight is 338 g/mol. The third-order valence-corrected chi connectivity index (χ3v) is 3.94. The molecule has 4 nitrogen and oxygen atoms in total. The van der Waals surface area contributed by atoms with Crippen LogP contribution >= 0.6 is 0 Å². The number of benzene rings is 2. The van der Waals surface area contributed by atoms with Gasteiger partial charge in [-0.1, -0.05) is 67.6 Å². The van der Waals surface area contributed by atoms with Crippen molar-refractivity contribution in [2.24, 2.45) is 5.92 Å². The second kappa shape index (κ2) is 9.02. The lowest BCUT2D eigenvalue weighted by Crippen LogP contribution is -2.44. The lowest BCUT2D eigenvalue weighted by Gasteiger charge is -2.22. The molecule has 0 aliphatic rings. The first kappa shape index (κ1) is 18.7. The predicted molar refractivity (Wildman–Crippen MR) is 99.9 cm³/mol. The van der Waals surface area contributed by atoms with Gasteiger partial charge in [0.1, 0.15) is 6.04 Å². The SMILES string of the molecule is CC(C)NC(=O)[C@@H](NC(=O)C(C)Cc1ccccc1)c1ccccc1. The minimum atomic E-state index is -0.686. The molecule has 132 valence electrons. The molecule has 4 heteroatoms. The Kier molecular flexibility index (Phi) is 6.75. The Labute approximate surface area is 149 Å². The number of amides is 2. The fourth-order valence-electron chi connectivity index (χ4n) is 2.66. The molecule has 0 aromatic heterocycles. The van der Waals surface area contributed by atoms with E-state index in [4.69, 9.17) is 0 Å². The number of hydrogen-bond acceptors (Lipinski definition) is 2. The van der Waals surface area contributed by atoms with Crippen LogP contribution in [0.3, 0.4) is 0 Å². The minimum Gasteiger partial charge on any atom is -0.352 e. The van der Waals surface area contributed by atoms with Gasteiger partial charge in [0, 0.05) is 12.0 Å². The molecular formula is C21H26N2O2. The number of rotatable bonds is 7. The predicted octanol–water partition coefficient (Wildman–Crippen LogP) is 3.25. The van der Waals surface area contributed by atoms with Crippen LogP contribution in [0, 0.1) is 5.92 Å². The first-order valence-electron chi connectivity index (χ1n) is 8.67. The van der Waals surface area contributed by atoms with Crippen LogP contribution in [0.25, 0.3) is 0 Å². The molecule has 2 N–H and O–H groups in total. The number of carbonyl (C=O) groups is 2. The number of hydrogen-bond donors (Lipinski definition) is 2. The van der Waals surface area contributed by atoms with Gasteiger partial charge < -0.3 is 10.6 Å². The summed E-state index contributed by atoms with van der Waals surface area (Å²) in [5.41, 5.74) is 1.88. The van der Waals surface area contributed by atoms with Crippen molar-refractivity contribution in [2.75, 3.05) is 0 Å². The van der Waals surface area contributed by atoms with E-state index in [1.54, 1.807) is 0 Å². The topological polar surface area (TPSA) is 58.2 Å². The van der Waals surface area contributed by atoms with Gasteiger partial charge in [0.25, 0.3) is 0 Å². The van der Waals surface area contributed by atoms with Crippen LogP contribution in [0.1, 0.15) is 37.9 Å². The first-order chi connectivity index (χ1) is 12.0. The van der Waals surface area contributed by atoms with E-state index >= 15 is 0 Å². The highest BCUT2D eigenvalue weighted by Gasteiger charge is 2.25. The summed E-state index contributed by atoms with van der Waals surface area (Å²) >= 11 is 0. The summed E-state index contributed by atoms with van der Waals surface area (Å²) in [6.07, 6.45) is 0.639. The van der Waals surface area contributed by atoms with E-state index in [0.717, 1.165) is 11.1 Å². The van der Waals surface area contributed by atoms with E-state index in [-0.39, 0.29) is 23.8 Å². The molecule has 1 unspecified atom stereocenters. The normalized spacial score (nSPS) is 13.1. The largest absolute Gasteiger partial charge is 0.352 e. The van der Waals surface area contributed by atoms with E-state index in [2.05, 4.69) is 10.6 Å². The maximum Gasteiger partial charge on any atom is 0.247 e. The van der Waals surface area contributed by atoms with Gasteiger partial charge in [0.15, 0.2) is 0 Å². The Hall–Kier alpha value is -2.62. The van der Waals surface area contributed by atoms with Crippen LogP contribution in [0.5, 0.6) is 0 Å². The van der Waals surface area contributed by atoms with Crippen molar-refractivity contribution < 1.29 is 9.59 Å². The maximum absolute atomic E-state index is 12.6. The van der Waals surface area contributed by atoms with Gasteiger partial charge >= 0.3 is 0 Å². The third kappa shape index (κ3) is 5.75. The van der Waals surface area contributed by atoms with E-state index < -0.39 is 6.04 Å². The average Bonchev–Trinajstić information content (AvgIpc) is 2.60. The van der Waals surface area contributed by atoms with Crippen LogP contribution < -0.4 is 10.6 Å². The minimum absolute atomic E-state index is 0.0114. The molecule has 2 aromatic rings. The zero-order chi connectivity index (χ0) is 18.2. The summed E-state index contributed by atoms with van der Waals surface area (Å²) in [6.45, 7) is 5.68. The second-order valence-electron chi connectivity index (χ2n) is 6.61. The molecule has 2 atom stereocenters. The molecular weight excluding hydrogens is 312 g/mol. The molecule has 0 spiro atoms. The van der Waals surface area contributed by atoms with Crippen molar-refractivity contribution >= 4 is 11.8 Å². The van der Waals surface area contributed by atoms with Crippen LogP contribution in [0.2, 0.25) is 0 Å². The summed E-state index contributed by atoms with van der Waals surface area (Å²) in [5.74, 6) is -0.543. The molecule has 0 bridgehead atoms.